The van der Waals surface area contributed by atoms with Crippen LogP contribution in [0.4, 0.5) is 4.39 Å². The van der Waals surface area contributed by atoms with E-state index in [9.17, 15) is 14.0 Å². The molecule has 0 aliphatic carbocycles. The highest BCUT2D eigenvalue weighted by Crippen LogP contribution is 2.05. The van der Waals surface area contributed by atoms with Crippen molar-refractivity contribution in [2.75, 3.05) is 0 Å². The lowest BCUT2D eigenvalue weighted by Crippen LogP contribution is -2.28. The Labute approximate surface area is 120 Å². The Bertz CT molecular complexity index is 866. The SMILES string of the molecule is O=c1[nH]n(-c2ccc(F)cc2)c(=O)n1Cc1ccccc1.[HH]. The molecule has 2 aromatic carbocycles. The standard InChI is InChI=1S/C15H12FN3O2.H2/c16-12-6-8-13(9-7-12)19-15(21)18(14(20)17-19)10-11-4-2-1-3-5-11;/h1-9H,10H2,(H,17,20);1H. The highest BCUT2D eigenvalue weighted by atomic mass is 19.1. The third-order valence-electron chi connectivity index (χ3n) is 3.14. The lowest BCUT2D eigenvalue weighted by Gasteiger charge is -2.01. The molecule has 0 aliphatic rings. The quantitative estimate of drug-likeness (QED) is 0.798. The molecule has 1 heterocycles. The first-order valence-corrected chi connectivity index (χ1v) is 6.37. The molecule has 1 aromatic heterocycles. The van der Waals surface area contributed by atoms with Gasteiger partial charge in [-0.15, -0.1) is 0 Å². The summed E-state index contributed by atoms with van der Waals surface area (Å²) >= 11 is 0. The highest BCUT2D eigenvalue weighted by Gasteiger charge is 2.10. The predicted molar refractivity (Wildman–Crippen MR) is 78.3 cm³/mol. The van der Waals surface area contributed by atoms with Crippen LogP contribution in [-0.4, -0.2) is 14.3 Å². The van der Waals surface area contributed by atoms with Gasteiger partial charge in [-0.05, 0) is 29.8 Å². The van der Waals surface area contributed by atoms with E-state index in [0.717, 1.165) is 14.8 Å². The van der Waals surface area contributed by atoms with Gasteiger partial charge in [0.05, 0.1) is 12.2 Å². The normalized spacial score (nSPS) is 10.7. The van der Waals surface area contributed by atoms with Crippen molar-refractivity contribution in [1.29, 1.82) is 0 Å². The zero-order chi connectivity index (χ0) is 14.8. The minimum Gasteiger partial charge on any atom is -0.246 e. The highest BCUT2D eigenvalue weighted by molar-refractivity contribution is 5.30. The molecule has 21 heavy (non-hydrogen) atoms. The van der Waals surface area contributed by atoms with Crippen LogP contribution in [0.1, 0.15) is 6.99 Å². The van der Waals surface area contributed by atoms with E-state index in [2.05, 4.69) is 5.10 Å². The van der Waals surface area contributed by atoms with Crippen LogP contribution < -0.4 is 11.4 Å². The van der Waals surface area contributed by atoms with Crippen molar-refractivity contribution >= 4 is 0 Å². The number of hydrogen-bond donors (Lipinski definition) is 1. The minimum absolute atomic E-state index is 0. The van der Waals surface area contributed by atoms with Crippen LogP contribution in [0.15, 0.2) is 64.2 Å². The lowest BCUT2D eigenvalue weighted by atomic mass is 10.2. The molecule has 0 radical (unpaired) electrons. The average Bonchev–Trinajstić information content (AvgIpc) is 2.77. The van der Waals surface area contributed by atoms with Crippen LogP contribution in [0.3, 0.4) is 0 Å². The van der Waals surface area contributed by atoms with Crippen LogP contribution in [0.5, 0.6) is 0 Å². The van der Waals surface area contributed by atoms with E-state index in [1.165, 1.54) is 24.3 Å². The molecule has 0 amide bonds. The molecule has 5 nitrogen and oxygen atoms in total. The molecular formula is C15H14FN3O2. The third kappa shape index (κ3) is 2.55. The largest absolute Gasteiger partial charge is 0.352 e. The Morgan fingerprint density at radius 1 is 1.00 bits per heavy atom. The van der Waals surface area contributed by atoms with Crippen molar-refractivity contribution in [1.82, 2.24) is 14.3 Å². The van der Waals surface area contributed by atoms with Gasteiger partial charge in [0, 0.05) is 1.43 Å². The topological polar surface area (TPSA) is 59.8 Å². The number of rotatable bonds is 3. The summed E-state index contributed by atoms with van der Waals surface area (Å²) in [4.78, 5) is 24.2. The average molecular weight is 287 g/mol. The van der Waals surface area contributed by atoms with E-state index < -0.39 is 17.2 Å². The Hall–Kier alpha value is -2.89. The summed E-state index contributed by atoms with van der Waals surface area (Å²) in [5, 5.41) is 2.46. The molecule has 0 unspecified atom stereocenters. The van der Waals surface area contributed by atoms with Crippen molar-refractivity contribution in [3.63, 3.8) is 0 Å². The summed E-state index contributed by atoms with van der Waals surface area (Å²) in [6.45, 7) is 0.184. The second kappa shape index (κ2) is 5.24. The van der Waals surface area contributed by atoms with Crippen molar-refractivity contribution in [3.05, 3.63) is 86.9 Å². The number of nitrogens with zero attached hydrogens (tertiary/aromatic N) is 2. The Kier molecular flexibility index (Phi) is 3.27. The maximum Gasteiger partial charge on any atom is 0.352 e. The molecule has 0 bridgehead atoms. The van der Waals surface area contributed by atoms with Crippen molar-refractivity contribution in [3.8, 4) is 5.69 Å². The molecule has 0 spiro atoms. The molecule has 0 fully saturated rings. The van der Waals surface area contributed by atoms with Gasteiger partial charge in [-0.1, -0.05) is 30.3 Å². The van der Waals surface area contributed by atoms with Crippen LogP contribution in [0.2, 0.25) is 0 Å². The number of benzene rings is 2. The molecule has 3 aromatic rings. The van der Waals surface area contributed by atoms with Crippen LogP contribution in [0, 0.1) is 5.82 Å². The van der Waals surface area contributed by atoms with Crippen molar-refractivity contribution in [2.24, 2.45) is 0 Å². The first-order chi connectivity index (χ1) is 10.1. The number of aromatic amines is 1. The molecule has 0 saturated carbocycles. The van der Waals surface area contributed by atoms with E-state index >= 15 is 0 Å². The summed E-state index contributed by atoms with van der Waals surface area (Å²) in [6.07, 6.45) is 0. The summed E-state index contributed by atoms with van der Waals surface area (Å²) in [7, 11) is 0. The van der Waals surface area contributed by atoms with Crippen LogP contribution >= 0.6 is 0 Å². The fraction of sp³-hybridized carbons (Fsp3) is 0.0667. The fourth-order valence-electron chi connectivity index (χ4n) is 2.08. The van der Waals surface area contributed by atoms with Gasteiger partial charge >= 0.3 is 11.4 Å². The molecule has 0 saturated heterocycles. The van der Waals surface area contributed by atoms with Gasteiger partial charge in [-0.2, -0.15) is 0 Å². The van der Waals surface area contributed by atoms with E-state index in [4.69, 9.17) is 0 Å². The number of H-pyrrole nitrogens is 1. The number of aromatic nitrogens is 3. The molecule has 0 atom stereocenters. The second-order valence-electron chi connectivity index (χ2n) is 4.58. The molecule has 3 rings (SSSR count). The van der Waals surface area contributed by atoms with E-state index in [1.54, 1.807) is 0 Å². The van der Waals surface area contributed by atoms with E-state index in [0.29, 0.717) is 5.69 Å². The molecule has 108 valence electrons. The van der Waals surface area contributed by atoms with Crippen molar-refractivity contribution in [2.45, 2.75) is 6.54 Å². The first-order valence-electron chi connectivity index (χ1n) is 6.37. The van der Waals surface area contributed by atoms with Gasteiger partial charge < -0.3 is 0 Å². The van der Waals surface area contributed by atoms with E-state index in [1.807, 2.05) is 30.3 Å². The summed E-state index contributed by atoms with van der Waals surface area (Å²) < 4.78 is 15.1. The first kappa shape index (κ1) is 13.1. The Morgan fingerprint density at radius 3 is 2.33 bits per heavy atom. The number of hydrogen-bond acceptors (Lipinski definition) is 2. The summed E-state index contributed by atoms with van der Waals surface area (Å²) in [6, 6.07) is 14.5. The van der Waals surface area contributed by atoms with Crippen LogP contribution in [-0.2, 0) is 6.54 Å². The zero-order valence-electron chi connectivity index (χ0n) is 11.0. The maximum absolute atomic E-state index is 12.9. The second-order valence-corrected chi connectivity index (χ2v) is 4.58. The molecular weight excluding hydrogens is 273 g/mol. The zero-order valence-corrected chi connectivity index (χ0v) is 11.0. The monoisotopic (exact) mass is 287 g/mol. The molecule has 6 heteroatoms. The van der Waals surface area contributed by atoms with Crippen molar-refractivity contribution < 1.29 is 5.82 Å². The predicted octanol–water partition coefficient (Wildman–Crippen LogP) is 1.76. The molecule has 0 aliphatic heterocycles. The smallest absolute Gasteiger partial charge is 0.246 e. The van der Waals surface area contributed by atoms with Crippen LogP contribution in [0.25, 0.3) is 5.69 Å². The van der Waals surface area contributed by atoms with Gasteiger partial charge in [0.1, 0.15) is 5.82 Å². The maximum atomic E-state index is 12.9. The summed E-state index contributed by atoms with van der Waals surface area (Å²) in [5.74, 6) is -0.405. The molecule has 1 N–H and O–H groups in total. The number of nitrogens with one attached hydrogen (secondary N) is 1. The lowest BCUT2D eigenvalue weighted by molar-refractivity contribution is 0.626. The van der Waals surface area contributed by atoms with Gasteiger partial charge in [-0.25, -0.2) is 28.3 Å². The number of halogens is 1. The Morgan fingerprint density at radius 2 is 1.67 bits per heavy atom. The van der Waals surface area contributed by atoms with Gasteiger partial charge in [0.25, 0.3) is 0 Å². The third-order valence-corrected chi connectivity index (χ3v) is 3.14. The minimum atomic E-state index is -0.506. The van der Waals surface area contributed by atoms with Gasteiger partial charge in [0.15, 0.2) is 0 Å². The summed E-state index contributed by atoms with van der Waals surface area (Å²) in [5.41, 5.74) is 0.260. The Balaban J connectivity index is 0.00000176. The van der Waals surface area contributed by atoms with Gasteiger partial charge in [-0.3, -0.25) is 0 Å². The van der Waals surface area contributed by atoms with E-state index in [-0.39, 0.29) is 7.97 Å². The van der Waals surface area contributed by atoms with Gasteiger partial charge in [0.2, 0.25) is 0 Å². The fourth-order valence-corrected chi connectivity index (χ4v) is 2.08.